The maximum atomic E-state index is 12.5. The molecule has 1 N–H and O–H groups in total. The third-order valence-corrected chi connectivity index (χ3v) is 4.12. The first-order valence-electron chi connectivity index (χ1n) is 7.61. The highest BCUT2D eigenvalue weighted by molar-refractivity contribution is 5.94. The van der Waals surface area contributed by atoms with E-state index in [9.17, 15) is 4.79 Å². The Kier molecular flexibility index (Phi) is 4.04. The van der Waals surface area contributed by atoms with Crippen LogP contribution in [0.3, 0.4) is 0 Å². The number of piperidine rings is 1. The van der Waals surface area contributed by atoms with Crippen molar-refractivity contribution in [1.82, 2.24) is 14.9 Å². The van der Waals surface area contributed by atoms with E-state index in [1.54, 1.807) is 6.33 Å². The zero-order valence-corrected chi connectivity index (χ0v) is 12.4. The fourth-order valence-electron chi connectivity index (χ4n) is 2.85. The van der Waals surface area contributed by atoms with Gasteiger partial charge in [0.1, 0.15) is 0 Å². The molecule has 0 spiro atoms. The van der Waals surface area contributed by atoms with Crippen molar-refractivity contribution in [2.75, 3.05) is 13.1 Å². The molecule has 3 rings (SSSR count). The second kappa shape index (κ2) is 6.12. The van der Waals surface area contributed by atoms with Gasteiger partial charge in [0.05, 0.1) is 12.0 Å². The molecule has 0 atom stereocenters. The SMILES string of the molecule is Cc1[nH]cnc1Cc1cccc(C(=O)N2CCCCC2)c1. The first kappa shape index (κ1) is 13.9. The Morgan fingerprint density at radius 1 is 1.29 bits per heavy atom. The monoisotopic (exact) mass is 283 g/mol. The van der Waals surface area contributed by atoms with Crippen molar-refractivity contribution in [3.8, 4) is 0 Å². The fraction of sp³-hybridized carbons (Fsp3) is 0.412. The number of H-pyrrole nitrogens is 1. The van der Waals surface area contributed by atoms with E-state index in [0.29, 0.717) is 0 Å². The number of nitrogens with one attached hydrogen (secondary N) is 1. The molecule has 4 heteroatoms. The van der Waals surface area contributed by atoms with Gasteiger partial charge in [0, 0.05) is 30.8 Å². The number of imidazole rings is 1. The number of carbonyl (C=O) groups excluding carboxylic acids is 1. The summed E-state index contributed by atoms with van der Waals surface area (Å²) < 4.78 is 0. The number of rotatable bonds is 3. The van der Waals surface area contributed by atoms with Crippen LogP contribution in [-0.4, -0.2) is 33.9 Å². The highest BCUT2D eigenvalue weighted by Crippen LogP contribution is 2.16. The van der Waals surface area contributed by atoms with E-state index < -0.39 is 0 Å². The number of nitrogens with zero attached hydrogens (tertiary/aromatic N) is 2. The summed E-state index contributed by atoms with van der Waals surface area (Å²) in [6, 6.07) is 7.94. The van der Waals surface area contributed by atoms with Gasteiger partial charge in [0.25, 0.3) is 5.91 Å². The molecule has 110 valence electrons. The fourth-order valence-corrected chi connectivity index (χ4v) is 2.85. The Labute approximate surface area is 125 Å². The first-order chi connectivity index (χ1) is 10.2. The average Bonchev–Trinajstić information content (AvgIpc) is 2.93. The second-order valence-electron chi connectivity index (χ2n) is 5.70. The van der Waals surface area contributed by atoms with Crippen LogP contribution in [0.2, 0.25) is 0 Å². The molecular formula is C17H21N3O. The van der Waals surface area contributed by atoms with Gasteiger partial charge in [-0.15, -0.1) is 0 Å². The lowest BCUT2D eigenvalue weighted by molar-refractivity contribution is 0.0724. The number of benzene rings is 1. The zero-order valence-electron chi connectivity index (χ0n) is 12.4. The summed E-state index contributed by atoms with van der Waals surface area (Å²) in [7, 11) is 0. The largest absolute Gasteiger partial charge is 0.348 e. The van der Waals surface area contributed by atoms with Crippen LogP contribution in [0.5, 0.6) is 0 Å². The summed E-state index contributed by atoms with van der Waals surface area (Å²) in [5.74, 6) is 0.162. The Bertz CT molecular complexity index is 626. The molecule has 0 radical (unpaired) electrons. The topological polar surface area (TPSA) is 49.0 Å². The molecule has 2 aromatic rings. The molecule has 0 bridgehead atoms. The Balaban J connectivity index is 1.76. The second-order valence-corrected chi connectivity index (χ2v) is 5.70. The predicted molar refractivity (Wildman–Crippen MR) is 82.3 cm³/mol. The first-order valence-corrected chi connectivity index (χ1v) is 7.61. The Morgan fingerprint density at radius 2 is 2.10 bits per heavy atom. The molecule has 1 aromatic carbocycles. The number of aromatic nitrogens is 2. The van der Waals surface area contributed by atoms with E-state index in [-0.39, 0.29) is 5.91 Å². The van der Waals surface area contributed by atoms with Gasteiger partial charge in [-0.1, -0.05) is 12.1 Å². The van der Waals surface area contributed by atoms with Crippen LogP contribution in [0.4, 0.5) is 0 Å². The van der Waals surface area contributed by atoms with Gasteiger partial charge in [0.2, 0.25) is 0 Å². The highest BCUT2D eigenvalue weighted by atomic mass is 16.2. The van der Waals surface area contributed by atoms with Crippen molar-refractivity contribution in [1.29, 1.82) is 0 Å². The summed E-state index contributed by atoms with van der Waals surface area (Å²) in [6.07, 6.45) is 5.96. The van der Waals surface area contributed by atoms with Gasteiger partial charge >= 0.3 is 0 Å². The van der Waals surface area contributed by atoms with Crippen molar-refractivity contribution in [3.05, 3.63) is 53.1 Å². The molecule has 0 aliphatic carbocycles. The van der Waals surface area contributed by atoms with Crippen LogP contribution in [0.1, 0.15) is 46.6 Å². The van der Waals surface area contributed by atoms with Crippen LogP contribution in [-0.2, 0) is 6.42 Å². The summed E-state index contributed by atoms with van der Waals surface area (Å²) in [6.45, 7) is 3.80. The third-order valence-electron chi connectivity index (χ3n) is 4.12. The normalized spacial score (nSPS) is 15.2. The van der Waals surface area contributed by atoms with E-state index in [1.165, 1.54) is 6.42 Å². The molecule has 1 amide bonds. The number of aromatic amines is 1. The number of hydrogen-bond acceptors (Lipinski definition) is 2. The third kappa shape index (κ3) is 3.15. The van der Waals surface area contributed by atoms with Gasteiger partial charge in [-0.25, -0.2) is 4.98 Å². The Hall–Kier alpha value is -2.10. The number of amides is 1. The molecule has 1 fully saturated rings. The minimum atomic E-state index is 0.162. The molecular weight excluding hydrogens is 262 g/mol. The molecule has 2 heterocycles. The van der Waals surface area contributed by atoms with Crippen LogP contribution in [0.25, 0.3) is 0 Å². The van der Waals surface area contributed by atoms with E-state index >= 15 is 0 Å². The summed E-state index contributed by atoms with van der Waals surface area (Å²) in [4.78, 5) is 21.9. The van der Waals surface area contributed by atoms with E-state index in [4.69, 9.17) is 0 Å². The van der Waals surface area contributed by atoms with Gasteiger partial charge in [-0.05, 0) is 43.9 Å². The van der Waals surface area contributed by atoms with Gasteiger partial charge in [0.15, 0.2) is 0 Å². The molecule has 4 nitrogen and oxygen atoms in total. The maximum absolute atomic E-state index is 12.5. The van der Waals surface area contributed by atoms with Crippen LogP contribution >= 0.6 is 0 Å². The number of hydrogen-bond donors (Lipinski definition) is 1. The summed E-state index contributed by atoms with van der Waals surface area (Å²) in [5.41, 5.74) is 4.05. The molecule has 1 aliphatic heterocycles. The van der Waals surface area contributed by atoms with Crippen molar-refractivity contribution in [2.45, 2.75) is 32.6 Å². The predicted octanol–water partition coefficient (Wildman–Crippen LogP) is 2.94. The number of likely N-dealkylation sites (tertiary alicyclic amines) is 1. The van der Waals surface area contributed by atoms with Crippen molar-refractivity contribution in [3.63, 3.8) is 0 Å². The van der Waals surface area contributed by atoms with Crippen LogP contribution in [0.15, 0.2) is 30.6 Å². The zero-order chi connectivity index (χ0) is 14.7. The van der Waals surface area contributed by atoms with E-state index in [1.807, 2.05) is 30.0 Å². The highest BCUT2D eigenvalue weighted by Gasteiger charge is 2.18. The lowest BCUT2D eigenvalue weighted by Gasteiger charge is -2.26. The summed E-state index contributed by atoms with van der Waals surface area (Å²) in [5, 5.41) is 0. The van der Waals surface area contributed by atoms with Crippen molar-refractivity contribution < 1.29 is 4.79 Å². The number of aryl methyl sites for hydroxylation is 1. The molecule has 1 saturated heterocycles. The number of carbonyl (C=O) groups is 1. The van der Waals surface area contributed by atoms with Gasteiger partial charge in [-0.3, -0.25) is 4.79 Å². The smallest absolute Gasteiger partial charge is 0.253 e. The molecule has 21 heavy (non-hydrogen) atoms. The van der Waals surface area contributed by atoms with Crippen molar-refractivity contribution >= 4 is 5.91 Å². The van der Waals surface area contributed by atoms with Gasteiger partial charge < -0.3 is 9.88 Å². The van der Waals surface area contributed by atoms with Crippen LogP contribution in [0, 0.1) is 6.92 Å². The van der Waals surface area contributed by atoms with E-state index in [0.717, 1.165) is 54.9 Å². The minimum absolute atomic E-state index is 0.162. The minimum Gasteiger partial charge on any atom is -0.348 e. The van der Waals surface area contributed by atoms with Crippen LogP contribution < -0.4 is 0 Å². The molecule has 1 aromatic heterocycles. The summed E-state index contributed by atoms with van der Waals surface area (Å²) >= 11 is 0. The average molecular weight is 283 g/mol. The lowest BCUT2D eigenvalue weighted by atomic mass is 10.0. The maximum Gasteiger partial charge on any atom is 0.253 e. The quantitative estimate of drug-likeness (QED) is 0.941. The Morgan fingerprint density at radius 3 is 2.81 bits per heavy atom. The lowest BCUT2D eigenvalue weighted by Crippen LogP contribution is -2.35. The molecule has 1 aliphatic rings. The van der Waals surface area contributed by atoms with E-state index in [2.05, 4.69) is 16.0 Å². The molecule has 0 saturated carbocycles. The van der Waals surface area contributed by atoms with Gasteiger partial charge in [-0.2, -0.15) is 0 Å². The molecule has 0 unspecified atom stereocenters. The standard InChI is InChI=1S/C17H21N3O/c1-13-16(19-12-18-13)11-14-6-5-7-15(10-14)17(21)20-8-3-2-4-9-20/h5-7,10,12H,2-4,8-9,11H2,1H3,(H,18,19). The van der Waals surface area contributed by atoms with Crippen molar-refractivity contribution in [2.24, 2.45) is 0 Å².